The van der Waals surface area contributed by atoms with Crippen molar-refractivity contribution in [1.29, 1.82) is 0 Å². The molecule has 1 aromatic rings. The van der Waals surface area contributed by atoms with Crippen LogP contribution in [-0.4, -0.2) is 22.1 Å². The number of carboxylic acids is 1. The Bertz CT molecular complexity index is 422. The Hall–Kier alpha value is -1.08. The van der Waals surface area contributed by atoms with Gasteiger partial charge in [-0.25, -0.2) is 9.18 Å². The monoisotopic (exact) mass is 298 g/mol. The van der Waals surface area contributed by atoms with Gasteiger partial charge in [0.25, 0.3) is 0 Å². The van der Waals surface area contributed by atoms with Crippen LogP contribution in [0.5, 0.6) is 0 Å². The Labute approximate surface area is 96.6 Å². The Balaban J connectivity index is 3.10. The number of hydrogen-bond donors (Lipinski definition) is 2. The van der Waals surface area contributed by atoms with E-state index in [1.807, 2.05) is 0 Å². The second-order valence-corrected chi connectivity index (χ2v) is 3.86. The molecule has 2 N–H and O–H groups in total. The minimum absolute atomic E-state index is 0.134. The molecule has 1 aromatic carbocycles. The molecule has 0 bridgehead atoms. The van der Waals surface area contributed by atoms with Crippen molar-refractivity contribution in [3.8, 4) is 0 Å². The minimum atomic E-state index is -4.32. The quantitative estimate of drug-likeness (QED) is 0.900. The van der Waals surface area contributed by atoms with Gasteiger partial charge in [-0.05, 0) is 33.6 Å². The summed E-state index contributed by atoms with van der Waals surface area (Å²) < 4.78 is 38.4. The lowest BCUT2D eigenvalue weighted by Gasteiger charge is -2.18. The fourth-order valence-corrected chi connectivity index (χ4v) is 1.41. The van der Waals surface area contributed by atoms with Crippen LogP contribution in [0.25, 0.3) is 0 Å². The molecule has 1 atom stereocenters. The van der Waals surface area contributed by atoms with Crippen molar-refractivity contribution in [2.24, 2.45) is 0 Å². The zero-order valence-electron chi connectivity index (χ0n) is 7.62. The van der Waals surface area contributed by atoms with Crippen molar-refractivity contribution in [1.82, 2.24) is 0 Å². The number of alkyl halides is 2. The number of aliphatic hydroxyl groups excluding tert-OH is 1. The molecule has 3 nitrogen and oxygen atoms in total. The van der Waals surface area contributed by atoms with Gasteiger partial charge in [-0.2, -0.15) is 8.78 Å². The molecule has 0 aromatic heterocycles. The van der Waals surface area contributed by atoms with Gasteiger partial charge >= 0.3 is 11.9 Å². The Morgan fingerprint density at radius 3 is 2.44 bits per heavy atom. The van der Waals surface area contributed by atoms with Crippen molar-refractivity contribution in [3.05, 3.63) is 34.1 Å². The maximum absolute atomic E-state index is 12.9. The molecule has 0 saturated heterocycles. The number of aliphatic carboxylic acids is 1. The Kier molecular flexibility index (Phi) is 3.59. The lowest BCUT2D eigenvalue weighted by Crippen LogP contribution is -2.35. The summed E-state index contributed by atoms with van der Waals surface area (Å²) in [6, 6.07) is 2.64. The summed E-state index contributed by atoms with van der Waals surface area (Å²) in [6.45, 7) is 0. The van der Waals surface area contributed by atoms with E-state index < -0.39 is 23.8 Å². The highest BCUT2D eigenvalue weighted by molar-refractivity contribution is 9.10. The third-order valence-corrected chi connectivity index (χ3v) is 2.50. The third kappa shape index (κ3) is 2.35. The third-order valence-electron chi connectivity index (χ3n) is 1.89. The van der Waals surface area contributed by atoms with Gasteiger partial charge in [0, 0.05) is 0 Å². The van der Waals surface area contributed by atoms with Crippen LogP contribution < -0.4 is 0 Å². The van der Waals surface area contributed by atoms with Crippen LogP contribution in [-0.2, 0) is 4.79 Å². The topological polar surface area (TPSA) is 57.5 Å². The number of rotatable bonds is 3. The van der Waals surface area contributed by atoms with Gasteiger partial charge < -0.3 is 10.2 Å². The molecule has 0 spiro atoms. The maximum Gasteiger partial charge on any atom is 0.377 e. The van der Waals surface area contributed by atoms with Crippen molar-refractivity contribution >= 4 is 21.9 Å². The highest BCUT2D eigenvalue weighted by Crippen LogP contribution is 2.33. The molecule has 1 rings (SSSR count). The SMILES string of the molecule is O=C(O)C(F)(F)C(O)c1ccc(F)c(Br)c1. The van der Waals surface area contributed by atoms with E-state index in [0.717, 1.165) is 18.2 Å². The lowest BCUT2D eigenvalue weighted by atomic mass is 10.0. The van der Waals surface area contributed by atoms with E-state index in [-0.39, 0.29) is 10.0 Å². The zero-order chi connectivity index (χ0) is 12.5. The fourth-order valence-electron chi connectivity index (χ4n) is 1.01. The first-order valence-corrected chi connectivity index (χ1v) is 4.80. The van der Waals surface area contributed by atoms with Crippen LogP contribution in [0.4, 0.5) is 13.2 Å². The molecule has 0 aliphatic rings. The predicted octanol–water partition coefficient (Wildman–Crippen LogP) is 2.34. The van der Waals surface area contributed by atoms with E-state index in [0.29, 0.717) is 0 Å². The maximum atomic E-state index is 12.9. The molecule has 0 fully saturated rings. The molecule has 0 radical (unpaired) electrons. The largest absolute Gasteiger partial charge is 0.477 e. The average Bonchev–Trinajstić information content (AvgIpc) is 2.20. The summed E-state index contributed by atoms with van der Waals surface area (Å²) in [5, 5.41) is 17.4. The molecule has 1 unspecified atom stereocenters. The van der Waals surface area contributed by atoms with Gasteiger partial charge in [0.15, 0.2) is 6.10 Å². The molecular weight excluding hydrogens is 293 g/mol. The molecule has 0 aliphatic heterocycles. The van der Waals surface area contributed by atoms with Crippen LogP contribution in [0, 0.1) is 5.82 Å². The zero-order valence-corrected chi connectivity index (χ0v) is 9.21. The van der Waals surface area contributed by atoms with Gasteiger partial charge in [0.1, 0.15) is 5.82 Å². The average molecular weight is 299 g/mol. The van der Waals surface area contributed by atoms with E-state index in [4.69, 9.17) is 10.2 Å². The number of carbonyl (C=O) groups is 1. The smallest absolute Gasteiger partial charge is 0.377 e. The molecule has 0 aliphatic carbocycles. The second kappa shape index (κ2) is 4.42. The highest BCUT2D eigenvalue weighted by atomic mass is 79.9. The van der Waals surface area contributed by atoms with Crippen molar-refractivity contribution in [2.75, 3.05) is 0 Å². The van der Waals surface area contributed by atoms with Crippen LogP contribution in [0.2, 0.25) is 0 Å². The van der Waals surface area contributed by atoms with E-state index in [1.54, 1.807) is 0 Å². The highest BCUT2D eigenvalue weighted by Gasteiger charge is 2.47. The van der Waals surface area contributed by atoms with E-state index in [9.17, 15) is 18.0 Å². The minimum Gasteiger partial charge on any atom is -0.477 e. The first kappa shape index (κ1) is 13.0. The number of hydrogen-bond acceptors (Lipinski definition) is 2. The Morgan fingerprint density at radius 2 is 2.00 bits per heavy atom. The van der Waals surface area contributed by atoms with Gasteiger partial charge in [-0.1, -0.05) is 6.07 Å². The first-order chi connectivity index (χ1) is 7.26. The van der Waals surface area contributed by atoms with E-state index >= 15 is 0 Å². The fraction of sp³-hybridized carbons (Fsp3) is 0.222. The van der Waals surface area contributed by atoms with Crippen molar-refractivity contribution in [3.63, 3.8) is 0 Å². The first-order valence-electron chi connectivity index (χ1n) is 4.01. The summed E-state index contributed by atoms with van der Waals surface area (Å²) in [4.78, 5) is 10.2. The van der Waals surface area contributed by atoms with E-state index in [1.165, 1.54) is 0 Å². The summed E-state index contributed by atoms with van der Waals surface area (Å²) >= 11 is 2.74. The van der Waals surface area contributed by atoms with Crippen molar-refractivity contribution < 1.29 is 28.2 Å². The molecule has 0 heterocycles. The van der Waals surface area contributed by atoms with Gasteiger partial charge in [0.05, 0.1) is 4.47 Å². The van der Waals surface area contributed by atoms with Gasteiger partial charge in [-0.3, -0.25) is 0 Å². The van der Waals surface area contributed by atoms with Gasteiger partial charge in [-0.15, -0.1) is 0 Å². The predicted molar refractivity (Wildman–Crippen MR) is 51.6 cm³/mol. The van der Waals surface area contributed by atoms with Gasteiger partial charge in [0.2, 0.25) is 0 Å². The van der Waals surface area contributed by atoms with Crippen LogP contribution in [0.15, 0.2) is 22.7 Å². The molecule has 0 saturated carbocycles. The summed E-state index contributed by atoms with van der Waals surface area (Å²) in [7, 11) is 0. The molecule has 88 valence electrons. The lowest BCUT2D eigenvalue weighted by molar-refractivity contribution is -0.182. The molecule has 0 amide bonds. The summed E-state index contributed by atoms with van der Waals surface area (Å²) in [6.07, 6.45) is -2.53. The summed E-state index contributed by atoms with van der Waals surface area (Å²) in [5.74, 6) is -7.47. The second-order valence-electron chi connectivity index (χ2n) is 3.00. The van der Waals surface area contributed by atoms with Crippen LogP contribution >= 0.6 is 15.9 Å². The number of halogens is 4. The number of aliphatic hydroxyl groups is 1. The molecular formula is C9H6BrF3O3. The Morgan fingerprint density at radius 1 is 1.44 bits per heavy atom. The standard InChI is InChI=1S/C9H6BrF3O3/c10-5-3-4(1-2-6(5)11)7(14)9(12,13)8(15)16/h1-3,7,14H,(H,15,16). The van der Waals surface area contributed by atoms with E-state index in [2.05, 4.69) is 15.9 Å². The molecule has 7 heteroatoms. The van der Waals surface area contributed by atoms with Crippen LogP contribution in [0.3, 0.4) is 0 Å². The van der Waals surface area contributed by atoms with Crippen LogP contribution in [0.1, 0.15) is 11.7 Å². The normalized spacial score (nSPS) is 13.6. The number of benzene rings is 1. The molecule has 16 heavy (non-hydrogen) atoms. The number of carboxylic acid groups (broad SMARTS) is 1. The van der Waals surface area contributed by atoms with Crippen molar-refractivity contribution in [2.45, 2.75) is 12.0 Å². The summed E-state index contributed by atoms with van der Waals surface area (Å²) in [5.41, 5.74) is -0.388.